The Balaban J connectivity index is 2.79. The van der Waals surface area contributed by atoms with Crippen LogP contribution in [-0.4, -0.2) is 29.6 Å². The van der Waals surface area contributed by atoms with E-state index in [1.54, 1.807) is 19.1 Å². The molecule has 0 bridgehead atoms. The van der Waals surface area contributed by atoms with Crippen LogP contribution >= 0.6 is 0 Å². The van der Waals surface area contributed by atoms with E-state index >= 15 is 0 Å². The molecule has 18 heavy (non-hydrogen) atoms. The molecule has 0 aliphatic rings. The number of alkyl halides is 3. The van der Waals surface area contributed by atoms with Crippen molar-refractivity contribution in [2.24, 2.45) is 5.73 Å². The first kappa shape index (κ1) is 14.6. The number of carbonyl (C=O) groups is 1. The number of carbonyl (C=O) groups excluding carboxylic acids is 1. The second-order valence-corrected chi connectivity index (χ2v) is 4.37. The van der Waals surface area contributed by atoms with E-state index in [1.807, 2.05) is 0 Å². The molecule has 2 N–H and O–H groups in total. The molecule has 0 fully saturated rings. The minimum absolute atomic E-state index is 0.0600. The summed E-state index contributed by atoms with van der Waals surface area (Å²) in [5.74, 6) is -0.178. The number of amides is 1. The van der Waals surface area contributed by atoms with Crippen LogP contribution in [0.4, 0.5) is 13.2 Å². The maximum absolute atomic E-state index is 12.6. The summed E-state index contributed by atoms with van der Waals surface area (Å²) in [6.07, 6.45) is -4.79. The van der Waals surface area contributed by atoms with Gasteiger partial charge in [0.15, 0.2) is 5.54 Å². The third kappa shape index (κ3) is 2.84. The number of halogens is 3. The largest absolute Gasteiger partial charge is 0.464 e. The highest BCUT2D eigenvalue weighted by Crippen LogP contribution is 2.29. The summed E-state index contributed by atoms with van der Waals surface area (Å²) in [7, 11) is 1.25. The monoisotopic (exact) mass is 264 g/mol. The second kappa shape index (κ2) is 4.64. The zero-order valence-electron chi connectivity index (χ0n) is 10.3. The summed E-state index contributed by atoms with van der Waals surface area (Å²) in [6, 6.07) is 3.26. The molecule has 0 spiro atoms. The molecular formula is C11H15F3N2O2. The van der Waals surface area contributed by atoms with Gasteiger partial charge < -0.3 is 15.1 Å². The molecule has 102 valence electrons. The number of nitrogens with two attached hydrogens (primary N) is 1. The topological polar surface area (TPSA) is 59.5 Å². The molecule has 1 amide bonds. The highest BCUT2D eigenvalue weighted by Gasteiger charge is 2.54. The maximum Gasteiger partial charge on any atom is 0.415 e. The lowest BCUT2D eigenvalue weighted by atomic mass is 10.0. The van der Waals surface area contributed by atoms with Crippen LogP contribution in [0.25, 0.3) is 0 Å². The Bertz CT molecular complexity index is 438. The molecule has 1 aromatic heterocycles. The molecule has 7 heteroatoms. The van der Waals surface area contributed by atoms with Gasteiger partial charge in [0, 0.05) is 7.05 Å². The summed E-state index contributed by atoms with van der Waals surface area (Å²) in [5, 5.41) is 0. The standard InChI is InChI=1S/C11H15F3N2O2/c1-7-4-5-8(18-7)6-16(3)9(17)10(2,15)11(12,13)14/h4-5H,6,15H2,1-3H3. The number of furan rings is 1. The predicted octanol–water partition coefficient (Wildman–Crippen LogP) is 1.83. The van der Waals surface area contributed by atoms with Crippen molar-refractivity contribution in [3.63, 3.8) is 0 Å². The SMILES string of the molecule is Cc1ccc(CN(C)C(=O)C(C)(N)C(F)(F)F)o1. The van der Waals surface area contributed by atoms with Gasteiger partial charge >= 0.3 is 6.18 Å². The van der Waals surface area contributed by atoms with Gasteiger partial charge in [-0.3, -0.25) is 4.79 Å². The number of likely N-dealkylation sites (N-methyl/N-ethyl adjacent to an activating group) is 1. The zero-order chi connectivity index (χ0) is 14.1. The summed E-state index contributed by atoms with van der Waals surface area (Å²) >= 11 is 0. The molecular weight excluding hydrogens is 249 g/mol. The van der Waals surface area contributed by atoms with Gasteiger partial charge in [-0.15, -0.1) is 0 Å². The molecule has 1 atom stereocenters. The van der Waals surface area contributed by atoms with E-state index < -0.39 is 17.6 Å². The molecule has 0 aromatic carbocycles. The Morgan fingerprint density at radius 2 is 2.00 bits per heavy atom. The minimum Gasteiger partial charge on any atom is -0.464 e. The molecule has 1 unspecified atom stereocenters. The number of hydrogen-bond acceptors (Lipinski definition) is 3. The number of hydrogen-bond donors (Lipinski definition) is 1. The number of nitrogens with zero attached hydrogens (tertiary/aromatic N) is 1. The first-order chi connectivity index (χ1) is 8.05. The smallest absolute Gasteiger partial charge is 0.415 e. The van der Waals surface area contributed by atoms with Crippen LogP contribution in [0.2, 0.25) is 0 Å². The van der Waals surface area contributed by atoms with Crippen LogP contribution in [0.5, 0.6) is 0 Å². The van der Waals surface area contributed by atoms with Crippen LogP contribution in [0.1, 0.15) is 18.4 Å². The minimum atomic E-state index is -4.79. The highest BCUT2D eigenvalue weighted by molar-refractivity contribution is 5.86. The lowest BCUT2D eigenvalue weighted by molar-refractivity contribution is -0.193. The quantitative estimate of drug-likeness (QED) is 0.906. The van der Waals surface area contributed by atoms with E-state index in [0.717, 1.165) is 4.90 Å². The van der Waals surface area contributed by atoms with Crippen LogP contribution < -0.4 is 5.73 Å². The second-order valence-electron chi connectivity index (χ2n) is 4.37. The Labute approximate surface area is 103 Å². The third-order valence-electron chi connectivity index (χ3n) is 2.57. The third-order valence-corrected chi connectivity index (χ3v) is 2.57. The summed E-state index contributed by atoms with van der Waals surface area (Å²) in [5.41, 5.74) is 2.15. The fraction of sp³-hybridized carbons (Fsp3) is 0.545. The van der Waals surface area contributed by atoms with Crippen LogP contribution in [0.3, 0.4) is 0 Å². The molecule has 1 aromatic rings. The van der Waals surface area contributed by atoms with Gasteiger partial charge in [0.1, 0.15) is 11.5 Å². The van der Waals surface area contributed by atoms with E-state index in [4.69, 9.17) is 10.2 Å². The molecule has 0 saturated heterocycles. The zero-order valence-corrected chi connectivity index (χ0v) is 10.3. The maximum atomic E-state index is 12.6. The van der Waals surface area contributed by atoms with E-state index in [9.17, 15) is 18.0 Å². The van der Waals surface area contributed by atoms with Crippen molar-refractivity contribution in [3.8, 4) is 0 Å². The molecule has 0 aliphatic heterocycles. The molecule has 1 rings (SSSR count). The van der Waals surface area contributed by atoms with Crippen molar-refractivity contribution in [1.82, 2.24) is 4.90 Å². The van der Waals surface area contributed by atoms with E-state index in [0.29, 0.717) is 18.4 Å². The van der Waals surface area contributed by atoms with Gasteiger partial charge in [0.25, 0.3) is 5.91 Å². The van der Waals surface area contributed by atoms with Crippen molar-refractivity contribution < 1.29 is 22.4 Å². The van der Waals surface area contributed by atoms with Crippen LogP contribution in [0, 0.1) is 6.92 Å². The molecule has 0 saturated carbocycles. The highest BCUT2D eigenvalue weighted by atomic mass is 19.4. The van der Waals surface area contributed by atoms with Gasteiger partial charge in [-0.25, -0.2) is 0 Å². The summed E-state index contributed by atoms with van der Waals surface area (Å²) in [4.78, 5) is 12.6. The van der Waals surface area contributed by atoms with Crippen molar-refractivity contribution in [3.05, 3.63) is 23.7 Å². The van der Waals surface area contributed by atoms with E-state index in [1.165, 1.54) is 7.05 Å². The lowest BCUT2D eigenvalue weighted by Crippen LogP contribution is -2.61. The van der Waals surface area contributed by atoms with Crippen LogP contribution in [0.15, 0.2) is 16.5 Å². The lowest BCUT2D eigenvalue weighted by Gasteiger charge is -2.30. The summed E-state index contributed by atoms with van der Waals surface area (Å²) < 4.78 is 43.0. The van der Waals surface area contributed by atoms with Crippen molar-refractivity contribution in [2.75, 3.05) is 7.05 Å². The molecule has 1 heterocycles. The van der Waals surface area contributed by atoms with E-state index in [2.05, 4.69) is 0 Å². The fourth-order valence-corrected chi connectivity index (χ4v) is 1.39. The van der Waals surface area contributed by atoms with Gasteiger partial charge in [-0.1, -0.05) is 0 Å². The van der Waals surface area contributed by atoms with Crippen molar-refractivity contribution in [1.29, 1.82) is 0 Å². The van der Waals surface area contributed by atoms with Crippen molar-refractivity contribution >= 4 is 5.91 Å². The molecule has 4 nitrogen and oxygen atoms in total. The molecule has 0 radical (unpaired) electrons. The van der Waals surface area contributed by atoms with Gasteiger partial charge in [0.05, 0.1) is 6.54 Å². The van der Waals surface area contributed by atoms with Gasteiger partial charge in [-0.05, 0) is 26.0 Å². The summed E-state index contributed by atoms with van der Waals surface area (Å²) in [6.45, 7) is 2.29. The Hall–Kier alpha value is -1.50. The Morgan fingerprint density at radius 1 is 1.44 bits per heavy atom. The number of aryl methyl sites for hydroxylation is 1. The van der Waals surface area contributed by atoms with Gasteiger partial charge in [-0.2, -0.15) is 13.2 Å². The Kier molecular flexibility index (Phi) is 3.75. The van der Waals surface area contributed by atoms with Gasteiger partial charge in [0.2, 0.25) is 0 Å². The average molecular weight is 264 g/mol. The number of rotatable bonds is 3. The predicted molar refractivity (Wildman–Crippen MR) is 58.6 cm³/mol. The Morgan fingerprint density at radius 3 is 2.39 bits per heavy atom. The molecule has 0 aliphatic carbocycles. The fourth-order valence-electron chi connectivity index (χ4n) is 1.39. The normalized spacial score (nSPS) is 15.3. The van der Waals surface area contributed by atoms with Crippen molar-refractivity contribution in [2.45, 2.75) is 32.1 Å². The first-order valence-electron chi connectivity index (χ1n) is 5.22. The first-order valence-corrected chi connectivity index (χ1v) is 5.22. The average Bonchev–Trinajstić information content (AvgIpc) is 2.61. The van der Waals surface area contributed by atoms with Crippen LogP contribution in [-0.2, 0) is 11.3 Å². The van der Waals surface area contributed by atoms with E-state index in [-0.39, 0.29) is 6.54 Å².